The highest BCUT2D eigenvalue weighted by Crippen LogP contribution is 1.42. The number of carboxylic acids is 1. The molecular weight excluding hydrogens is 84.1 g/mol. The zero-order valence-corrected chi connectivity index (χ0v) is 2.36. The lowest BCUT2D eigenvalue weighted by Gasteiger charge is -1.59. The van der Waals surface area contributed by atoms with E-state index in [1.165, 1.54) is 0 Å². The Kier molecular flexibility index (Phi) is 6.51. The molecule has 0 amide bonds. The molecule has 0 aliphatic heterocycles. The zero-order chi connectivity index (χ0) is 3.58. The maximum Gasteiger partial charge on any atom is 0.300 e. The number of hydrogen-bond acceptors (Lipinski definition) is 1. The SMILES string of the molecule is CC(=O)O.[SiH4]. The summed E-state index contributed by atoms with van der Waals surface area (Å²) < 4.78 is 0. The molecule has 0 aromatic carbocycles. The van der Waals surface area contributed by atoms with Crippen molar-refractivity contribution in [3.05, 3.63) is 0 Å². The summed E-state index contributed by atoms with van der Waals surface area (Å²) in [6.07, 6.45) is 0. The molecule has 5 heavy (non-hydrogen) atoms. The van der Waals surface area contributed by atoms with E-state index in [2.05, 4.69) is 0 Å². The fourth-order valence-electron chi connectivity index (χ4n) is 0. The van der Waals surface area contributed by atoms with Crippen LogP contribution in [0.1, 0.15) is 6.92 Å². The van der Waals surface area contributed by atoms with Crippen molar-refractivity contribution in [1.82, 2.24) is 0 Å². The van der Waals surface area contributed by atoms with Gasteiger partial charge in [0, 0.05) is 6.92 Å². The molecule has 0 saturated carbocycles. The zero-order valence-electron chi connectivity index (χ0n) is 2.36. The van der Waals surface area contributed by atoms with Gasteiger partial charge in [-0.15, -0.1) is 0 Å². The third-order valence-corrected chi connectivity index (χ3v) is 0. The monoisotopic (exact) mass is 92.0 g/mol. The maximum absolute atomic E-state index is 9.00. The highest BCUT2D eigenvalue weighted by atomic mass is 28.1. The van der Waals surface area contributed by atoms with Crippen molar-refractivity contribution >= 4 is 16.9 Å². The van der Waals surface area contributed by atoms with Gasteiger partial charge in [-0.3, -0.25) is 4.79 Å². The van der Waals surface area contributed by atoms with E-state index in [1.54, 1.807) is 0 Å². The van der Waals surface area contributed by atoms with Gasteiger partial charge in [0.1, 0.15) is 0 Å². The molecule has 0 aromatic heterocycles. The minimum absolute atomic E-state index is 0. The standard InChI is InChI=1S/C2H4O2.H4Si/c1-2(3)4;/h1H3,(H,3,4);1H4. The Balaban J connectivity index is 0. The number of carboxylic acid groups (broad SMARTS) is 1. The van der Waals surface area contributed by atoms with E-state index in [-0.39, 0.29) is 11.0 Å². The molecule has 0 spiro atoms. The summed E-state index contributed by atoms with van der Waals surface area (Å²) in [7, 11) is 0. The Labute approximate surface area is 34.8 Å². The minimum atomic E-state index is -0.833. The normalized spacial score (nSPS) is 5.00. The molecular formula is C2H8O2Si. The Morgan fingerprint density at radius 3 is 1.80 bits per heavy atom. The first kappa shape index (κ1) is 8.82. The molecule has 0 rings (SSSR count). The van der Waals surface area contributed by atoms with Crippen LogP contribution >= 0.6 is 0 Å². The van der Waals surface area contributed by atoms with Crippen LogP contribution in [0.3, 0.4) is 0 Å². The first-order chi connectivity index (χ1) is 1.73. The van der Waals surface area contributed by atoms with E-state index >= 15 is 0 Å². The van der Waals surface area contributed by atoms with Crippen LogP contribution in [0.25, 0.3) is 0 Å². The molecule has 0 aliphatic carbocycles. The van der Waals surface area contributed by atoms with Crippen molar-refractivity contribution in [2.45, 2.75) is 6.92 Å². The fourth-order valence-corrected chi connectivity index (χ4v) is 0. The van der Waals surface area contributed by atoms with Gasteiger partial charge in [0.15, 0.2) is 0 Å². The van der Waals surface area contributed by atoms with Gasteiger partial charge in [-0.2, -0.15) is 0 Å². The van der Waals surface area contributed by atoms with Crippen LogP contribution in [-0.2, 0) is 4.79 Å². The van der Waals surface area contributed by atoms with Crippen LogP contribution in [-0.4, -0.2) is 22.0 Å². The molecule has 0 heterocycles. The van der Waals surface area contributed by atoms with E-state index < -0.39 is 5.97 Å². The van der Waals surface area contributed by atoms with Crippen molar-refractivity contribution in [3.8, 4) is 0 Å². The van der Waals surface area contributed by atoms with E-state index in [4.69, 9.17) is 9.90 Å². The molecule has 32 valence electrons. The maximum atomic E-state index is 9.00. The number of hydrogen-bond donors (Lipinski definition) is 1. The van der Waals surface area contributed by atoms with Gasteiger partial charge in [0.2, 0.25) is 0 Å². The van der Waals surface area contributed by atoms with Crippen molar-refractivity contribution in [3.63, 3.8) is 0 Å². The predicted molar refractivity (Wildman–Crippen MR) is 24.6 cm³/mol. The summed E-state index contributed by atoms with van der Waals surface area (Å²) in [5.74, 6) is -0.833. The number of rotatable bonds is 0. The Morgan fingerprint density at radius 1 is 1.80 bits per heavy atom. The summed E-state index contributed by atoms with van der Waals surface area (Å²) in [4.78, 5) is 9.00. The largest absolute Gasteiger partial charge is 0.481 e. The quantitative estimate of drug-likeness (QED) is 0.375. The Bertz CT molecular complexity index is 30.6. The van der Waals surface area contributed by atoms with Gasteiger partial charge in [0.25, 0.3) is 5.97 Å². The van der Waals surface area contributed by atoms with Crippen molar-refractivity contribution in [2.75, 3.05) is 0 Å². The first-order valence-corrected chi connectivity index (χ1v) is 0.928. The molecule has 0 bridgehead atoms. The second-order valence-electron chi connectivity index (χ2n) is 0.519. The average molecular weight is 92.2 g/mol. The average Bonchev–Trinajstić information content (AvgIpc) is 0.811. The van der Waals surface area contributed by atoms with Crippen molar-refractivity contribution < 1.29 is 9.90 Å². The molecule has 0 radical (unpaired) electrons. The lowest BCUT2D eigenvalue weighted by atomic mass is 10.9. The van der Waals surface area contributed by atoms with Gasteiger partial charge in [0.05, 0.1) is 0 Å². The predicted octanol–water partition coefficient (Wildman–Crippen LogP) is -1.36. The summed E-state index contributed by atoms with van der Waals surface area (Å²) in [6, 6.07) is 0. The Morgan fingerprint density at radius 2 is 1.80 bits per heavy atom. The van der Waals surface area contributed by atoms with Crippen LogP contribution in [0.2, 0.25) is 0 Å². The van der Waals surface area contributed by atoms with E-state index in [0.29, 0.717) is 0 Å². The smallest absolute Gasteiger partial charge is 0.300 e. The van der Waals surface area contributed by atoms with Crippen molar-refractivity contribution in [2.24, 2.45) is 0 Å². The lowest BCUT2D eigenvalue weighted by Crippen LogP contribution is -1.78. The third kappa shape index (κ3) is 107. The van der Waals surface area contributed by atoms with Crippen LogP contribution in [0, 0.1) is 0 Å². The van der Waals surface area contributed by atoms with Gasteiger partial charge < -0.3 is 5.11 Å². The van der Waals surface area contributed by atoms with Gasteiger partial charge >= 0.3 is 0 Å². The molecule has 0 atom stereocenters. The second kappa shape index (κ2) is 3.69. The van der Waals surface area contributed by atoms with Gasteiger partial charge in [-0.25, -0.2) is 0 Å². The third-order valence-electron chi connectivity index (χ3n) is 0. The van der Waals surface area contributed by atoms with E-state index in [0.717, 1.165) is 6.92 Å². The topological polar surface area (TPSA) is 37.3 Å². The van der Waals surface area contributed by atoms with Crippen LogP contribution in [0.5, 0.6) is 0 Å². The number of carbonyl (C=O) groups is 1. The summed E-state index contributed by atoms with van der Waals surface area (Å²) in [6.45, 7) is 1.08. The molecule has 0 saturated heterocycles. The molecule has 1 N–H and O–H groups in total. The van der Waals surface area contributed by atoms with Crippen LogP contribution in [0.4, 0.5) is 0 Å². The molecule has 3 heteroatoms. The van der Waals surface area contributed by atoms with Gasteiger partial charge in [-0.05, 0) is 11.0 Å². The molecule has 2 nitrogen and oxygen atoms in total. The molecule has 0 fully saturated rings. The summed E-state index contributed by atoms with van der Waals surface area (Å²) in [5.41, 5.74) is 0. The summed E-state index contributed by atoms with van der Waals surface area (Å²) >= 11 is 0. The fraction of sp³-hybridized carbons (Fsp3) is 0.500. The lowest BCUT2D eigenvalue weighted by molar-refractivity contribution is -0.134. The second-order valence-corrected chi connectivity index (χ2v) is 0.519. The molecule has 0 aliphatic rings. The van der Waals surface area contributed by atoms with Crippen LogP contribution in [0.15, 0.2) is 0 Å². The van der Waals surface area contributed by atoms with Gasteiger partial charge in [-0.1, -0.05) is 0 Å². The van der Waals surface area contributed by atoms with Crippen LogP contribution < -0.4 is 0 Å². The summed E-state index contributed by atoms with van der Waals surface area (Å²) in [5, 5.41) is 7.42. The van der Waals surface area contributed by atoms with E-state index in [1.807, 2.05) is 0 Å². The molecule has 0 unspecified atom stereocenters. The van der Waals surface area contributed by atoms with E-state index in [9.17, 15) is 0 Å². The highest BCUT2D eigenvalue weighted by Gasteiger charge is 1.65. The number of aliphatic carboxylic acids is 1. The molecule has 0 aromatic rings. The van der Waals surface area contributed by atoms with Crippen molar-refractivity contribution in [1.29, 1.82) is 0 Å². The minimum Gasteiger partial charge on any atom is -0.481 e. The first-order valence-electron chi connectivity index (χ1n) is 0.928. The Hall–Kier alpha value is -0.313. The highest BCUT2D eigenvalue weighted by molar-refractivity contribution is 5.75.